The number of rotatable bonds is 1. The summed E-state index contributed by atoms with van der Waals surface area (Å²) >= 11 is 6.06. The van der Waals surface area contributed by atoms with E-state index in [4.69, 9.17) is 16.9 Å². The van der Waals surface area contributed by atoms with Crippen LogP contribution in [0.1, 0.15) is 16.1 Å². The van der Waals surface area contributed by atoms with Crippen molar-refractivity contribution in [3.63, 3.8) is 0 Å². The number of aldehydes is 1. The lowest BCUT2D eigenvalue weighted by atomic mass is 10.2. The molecule has 0 unspecified atom stereocenters. The number of hydrogen-bond acceptors (Lipinski definition) is 2. The van der Waals surface area contributed by atoms with Crippen LogP contribution in [-0.4, -0.2) is 10.9 Å². The monoisotopic (exact) mass is 218 g/mol. The zero-order chi connectivity index (χ0) is 11.0. The van der Waals surface area contributed by atoms with Crippen molar-refractivity contribution in [2.24, 2.45) is 7.05 Å². The molecule has 0 spiro atoms. The molecular weight excluding hydrogens is 212 g/mol. The molecule has 0 bridgehead atoms. The first-order valence-corrected chi connectivity index (χ1v) is 4.70. The molecule has 1 aromatic heterocycles. The average molecular weight is 219 g/mol. The average Bonchev–Trinajstić information content (AvgIpc) is 2.57. The van der Waals surface area contributed by atoms with Crippen molar-refractivity contribution in [2.75, 3.05) is 0 Å². The minimum absolute atomic E-state index is 0.394. The van der Waals surface area contributed by atoms with Crippen LogP contribution in [-0.2, 0) is 7.05 Å². The van der Waals surface area contributed by atoms with Gasteiger partial charge in [-0.1, -0.05) is 17.7 Å². The molecule has 1 aromatic carbocycles. The molecule has 0 saturated carbocycles. The van der Waals surface area contributed by atoms with Crippen LogP contribution in [0.4, 0.5) is 0 Å². The summed E-state index contributed by atoms with van der Waals surface area (Å²) in [6, 6.07) is 7.19. The first kappa shape index (κ1) is 9.75. The first-order chi connectivity index (χ1) is 7.19. The van der Waals surface area contributed by atoms with E-state index in [1.807, 2.05) is 6.07 Å². The number of aromatic nitrogens is 1. The minimum Gasteiger partial charge on any atom is -0.340 e. The molecule has 2 aromatic rings. The van der Waals surface area contributed by atoms with Gasteiger partial charge in [-0.25, -0.2) is 0 Å². The van der Waals surface area contributed by atoms with Gasteiger partial charge in [-0.2, -0.15) is 5.26 Å². The number of carbonyl (C=O) groups excluding carboxylic acids is 1. The quantitative estimate of drug-likeness (QED) is 0.691. The Morgan fingerprint density at radius 2 is 2.27 bits per heavy atom. The summed E-state index contributed by atoms with van der Waals surface area (Å²) in [6.07, 6.45) is 0.766. The zero-order valence-corrected chi connectivity index (χ0v) is 8.75. The van der Waals surface area contributed by atoms with Gasteiger partial charge in [-0.3, -0.25) is 4.79 Å². The van der Waals surface area contributed by atoms with Crippen LogP contribution in [0, 0.1) is 11.3 Å². The van der Waals surface area contributed by atoms with E-state index >= 15 is 0 Å². The molecule has 0 fully saturated rings. The van der Waals surface area contributed by atoms with Gasteiger partial charge >= 0.3 is 0 Å². The van der Waals surface area contributed by atoms with E-state index in [-0.39, 0.29) is 0 Å². The molecule has 15 heavy (non-hydrogen) atoms. The number of halogens is 1. The molecule has 1 heterocycles. The maximum absolute atomic E-state index is 10.7. The summed E-state index contributed by atoms with van der Waals surface area (Å²) in [4.78, 5) is 10.7. The summed E-state index contributed by atoms with van der Waals surface area (Å²) in [7, 11) is 1.75. The molecule has 0 aliphatic heterocycles. The van der Waals surface area contributed by atoms with E-state index in [0.29, 0.717) is 16.3 Å². The topological polar surface area (TPSA) is 45.8 Å². The Kier molecular flexibility index (Phi) is 2.22. The highest BCUT2D eigenvalue weighted by Crippen LogP contribution is 2.28. The van der Waals surface area contributed by atoms with E-state index in [9.17, 15) is 4.79 Å². The second-order valence-corrected chi connectivity index (χ2v) is 3.60. The van der Waals surface area contributed by atoms with E-state index < -0.39 is 0 Å². The number of aryl methyl sites for hydroxylation is 1. The number of nitrogens with zero attached hydrogens (tertiary/aromatic N) is 2. The van der Waals surface area contributed by atoms with E-state index in [0.717, 1.165) is 17.2 Å². The molecule has 3 nitrogen and oxygen atoms in total. The van der Waals surface area contributed by atoms with Gasteiger partial charge in [-0.05, 0) is 12.1 Å². The lowest BCUT2D eigenvalue weighted by Gasteiger charge is -2.01. The molecule has 0 saturated heterocycles. The van der Waals surface area contributed by atoms with Crippen LogP contribution >= 0.6 is 11.6 Å². The Hall–Kier alpha value is -1.79. The number of carbonyl (C=O) groups is 1. The molecule has 0 N–H and O–H groups in total. The molecular formula is C11H7ClN2O. The van der Waals surface area contributed by atoms with Gasteiger partial charge in [0.2, 0.25) is 0 Å². The minimum atomic E-state index is 0.394. The first-order valence-electron chi connectivity index (χ1n) is 4.32. The summed E-state index contributed by atoms with van der Waals surface area (Å²) in [6.45, 7) is 0. The van der Waals surface area contributed by atoms with Gasteiger partial charge in [0.05, 0.1) is 21.8 Å². The maximum atomic E-state index is 10.7. The third-order valence-corrected chi connectivity index (χ3v) is 2.80. The van der Waals surface area contributed by atoms with Crippen molar-refractivity contribution in [1.82, 2.24) is 4.57 Å². The summed E-state index contributed by atoms with van der Waals surface area (Å²) < 4.78 is 1.69. The lowest BCUT2D eigenvalue weighted by Crippen LogP contribution is -1.94. The van der Waals surface area contributed by atoms with Gasteiger partial charge in [0.25, 0.3) is 0 Å². The second kappa shape index (κ2) is 3.41. The number of hydrogen-bond donors (Lipinski definition) is 0. The fraction of sp³-hybridized carbons (Fsp3) is 0.0909. The van der Waals surface area contributed by atoms with Crippen molar-refractivity contribution >= 4 is 28.8 Å². The molecule has 0 atom stereocenters. The highest BCUT2D eigenvalue weighted by Gasteiger charge is 2.11. The van der Waals surface area contributed by atoms with Crippen LogP contribution in [0.5, 0.6) is 0 Å². The Balaban J connectivity index is 2.93. The highest BCUT2D eigenvalue weighted by atomic mass is 35.5. The van der Waals surface area contributed by atoms with Crippen LogP contribution in [0.15, 0.2) is 18.2 Å². The molecule has 2 rings (SSSR count). The molecule has 0 aliphatic carbocycles. The predicted octanol–water partition coefficient (Wildman–Crippen LogP) is 2.52. The molecule has 4 heteroatoms. The van der Waals surface area contributed by atoms with Crippen molar-refractivity contribution in [1.29, 1.82) is 5.26 Å². The number of nitriles is 1. The van der Waals surface area contributed by atoms with E-state index in [2.05, 4.69) is 0 Å². The zero-order valence-electron chi connectivity index (χ0n) is 7.99. The summed E-state index contributed by atoms with van der Waals surface area (Å²) in [5.41, 5.74) is 1.68. The molecule has 0 radical (unpaired) electrons. The van der Waals surface area contributed by atoms with Crippen molar-refractivity contribution < 1.29 is 4.79 Å². The van der Waals surface area contributed by atoms with Crippen molar-refractivity contribution in [2.45, 2.75) is 0 Å². The maximum Gasteiger partial charge on any atom is 0.166 e. The Labute approximate surface area is 91.5 Å². The highest BCUT2D eigenvalue weighted by molar-refractivity contribution is 6.36. The van der Waals surface area contributed by atoms with E-state index in [1.165, 1.54) is 0 Å². The molecule has 74 valence electrons. The van der Waals surface area contributed by atoms with Crippen LogP contribution in [0.3, 0.4) is 0 Å². The Morgan fingerprint density at radius 3 is 2.87 bits per heavy atom. The third-order valence-electron chi connectivity index (χ3n) is 2.41. The van der Waals surface area contributed by atoms with Gasteiger partial charge in [0.15, 0.2) is 6.29 Å². The van der Waals surface area contributed by atoms with Gasteiger partial charge in [-0.15, -0.1) is 0 Å². The van der Waals surface area contributed by atoms with Gasteiger partial charge in [0.1, 0.15) is 6.07 Å². The Bertz CT molecular complexity index is 593. The predicted molar refractivity (Wildman–Crippen MR) is 58.0 cm³/mol. The normalized spacial score (nSPS) is 10.2. The third kappa shape index (κ3) is 1.31. The van der Waals surface area contributed by atoms with E-state index in [1.54, 1.807) is 29.8 Å². The van der Waals surface area contributed by atoms with Crippen LogP contribution < -0.4 is 0 Å². The molecule has 0 aliphatic rings. The number of fused-ring (bicyclic) bond motifs is 1. The van der Waals surface area contributed by atoms with Gasteiger partial charge in [0, 0.05) is 12.4 Å². The van der Waals surface area contributed by atoms with Crippen LogP contribution in [0.2, 0.25) is 5.02 Å². The number of benzene rings is 1. The van der Waals surface area contributed by atoms with Crippen molar-refractivity contribution in [3.05, 3.63) is 34.5 Å². The van der Waals surface area contributed by atoms with Crippen molar-refractivity contribution in [3.8, 4) is 6.07 Å². The Morgan fingerprint density at radius 1 is 1.53 bits per heavy atom. The SMILES string of the molecule is Cn1c(C=O)cc2ccc(C#N)c(Cl)c21. The summed E-state index contributed by atoms with van der Waals surface area (Å²) in [5.74, 6) is 0. The largest absolute Gasteiger partial charge is 0.340 e. The standard InChI is InChI=1S/C11H7ClN2O/c1-14-9(6-15)4-7-2-3-8(5-13)10(12)11(7)14/h2-4,6H,1H3. The van der Waals surface area contributed by atoms with Gasteiger partial charge < -0.3 is 4.57 Å². The fourth-order valence-corrected chi connectivity index (χ4v) is 1.96. The molecule has 0 amide bonds. The van der Waals surface area contributed by atoms with Crippen LogP contribution in [0.25, 0.3) is 10.9 Å². The smallest absolute Gasteiger partial charge is 0.166 e. The second-order valence-electron chi connectivity index (χ2n) is 3.22. The lowest BCUT2D eigenvalue weighted by molar-refractivity contribution is 0.111. The fourth-order valence-electron chi connectivity index (χ4n) is 1.62. The summed E-state index contributed by atoms with van der Waals surface area (Å²) in [5, 5.41) is 10.1.